The van der Waals surface area contributed by atoms with Crippen molar-refractivity contribution in [3.8, 4) is 0 Å². The van der Waals surface area contributed by atoms with Crippen LogP contribution in [0.25, 0.3) is 0 Å². The quantitative estimate of drug-likeness (QED) is 0.507. The zero-order chi connectivity index (χ0) is 7.65. The molecule has 0 aliphatic rings. The Morgan fingerprint density at radius 2 is 2.00 bits per heavy atom. The minimum atomic E-state index is -1.53. The van der Waals surface area contributed by atoms with Gasteiger partial charge in [-0.2, -0.15) is 13.5 Å². The molecule has 0 fully saturated rings. The van der Waals surface area contributed by atoms with Gasteiger partial charge in [-0.15, -0.1) is 0 Å². The average molecular weight is 167 g/mol. The highest BCUT2D eigenvalue weighted by atomic mass is 32.1. The summed E-state index contributed by atoms with van der Waals surface area (Å²) in [5.74, 6) is -1.20. The molecule has 5 heteroatoms. The van der Waals surface area contributed by atoms with Gasteiger partial charge in [-0.1, -0.05) is 0 Å². The molecular weight excluding hydrogens is 154 g/mol. The number of aliphatic carboxylic acids is 1. The second kappa shape index (κ2) is 3.80. The topological polar surface area (TPSA) is 83.5 Å². The summed E-state index contributed by atoms with van der Waals surface area (Å²) >= 11 is 0. The van der Waals surface area contributed by atoms with Crippen LogP contribution in [-0.2, 0) is 4.79 Å². The van der Waals surface area contributed by atoms with Crippen molar-refractivity contribution in [2.75, 3.05) is 0 Å². The van der Waals surface area contributed by atoms with Crippen molar-refractivity contribution in [1.29, 1.82) is 0 Å². The predicted molar refractivity (Wildman–Crippen MR) is 42.3 cm³/mol. The molecule has 62 valence electrons. The summed E-state index contributed by atoms with van der Waals surface area (Å²) in [6.07, 6.45) is -1.03. The van der Waals surface area contributed by atoms with Crippen LogP contribution in [0, 0.1) is 0 Å². The van der Waals surface area contributed by atoms with E-state index in [0.29, 0.717) is 0 Å². The van der Waals surface area contributed by atoms with Gasteiger partial charge in [0.25, 0.3) is 0 Å². The van der Waals surface area contributed by atoms with Crippen LogP contribution in [0.15, 0.2) is 0 Å². The Bertz CT molecular complexity index is 124. The van der Waals surface area contributed by atoms with Gasteiger partial charge in [0.2, 0.25) is 0 Å². The van der Waals surface area contributed by atoms with E-state index in [2.05, 4.69) is 0 Å². The van der Waals surface area contributed by atoms with Crippen LogP contribution >= 0.6 is 13.5 Å². The Morgan fingerprint density at radius 3 is 2.00 bits per heavy atom. The molecule has 10 heavy (non-hydrogen) atoms. The fourth-order valence-corrected chi connectivity index (χ4v) is 0.179. The number of hydrogen-bond donors (Lipinski definition) is 3. The molecular formula is C5H13NO3S. The molecule has 0 aromatic heterocycles. The van der Waals surface area contributed by atoms with Gasteiger partial charge in [0.1, 0.15) is 5.54 Å². The molecule has 0 unspecified atom stereocenters. The largest absolute Gasteiger partial charge is 0.480 e. The highest BCUT2D eigenvalue weighted by Crippen LogP contribution is 2.04. The minimum Gasteiger partial charge on any atom is -0.480 e. The second-order valence-corrected chi connectivity index (χ2v) is 2.26. The first-order chi connectivity index (χ1) is 3.89. The molecule has 0 spiro atoms. The van der Waals surface area contributed by atoms with Gasteiger partial charge in [-0.3, -0.25) is 4.79 Å². The van der Waals surface area contributed by atoms with E-state index in [0.717, 1.165) is 0 Å². The molecule has 0 radical (unpaired) electrons. The predicted octanol–water partition coefficient (Wildman–Crippen LogP) is -0.718. The Kier molecular flexibility index (Phi) is 4.72. The Labute approximate surface area is 66.5 Å². The van der Waals surface area contributed by atoms with Crippen LogP contribution in [0.3, 0.4) is 0 Å². The third kappa shape index (κ3) is 2.55. The zero-order valence-electron chi connectivity index (χ0n) is 5.96. The van der Waals surface area contributed by atoms with Gasteiger partial charge in [0.05, 0.1) is 6.10 Å². The van der Waals surface area contributed by atoms with Crippen molar-refractivity contribution in [2.45, 2.75) is 25.5 Å². The standard InChI is InChI=1S/C5H11NO3.H2S/c1-3(7)5(2,6)4(8)9;/h3,7H,6H2,1-2H3,(H,8,9);1H2/t3-,5+;/m0./s1. The van der Waals surface area contributed by atoms with E-state index in [9.17, 15) is 4.79 Å². The first-order valence-corrected chi connectivity index (χ1v) is 2.59. The van der Waals surface area contributed by atoms with Gasteiger partial charge in [-0.05, 0) is 13.8 Å². The molecule has 0 heterocycles. The molecule has 0 saturated carbocycles. The van der Waals surface area contributed by atoms with E-state index in [4.69, 9.17) is 15.9 Å². The monoisotopic (exact) mass is 167 g/mol. The summed E-state index contributed by atoms with van der Waals surface area (Å²) in [5.41, 5.74) is 3.62. The SMILES string of the molecule is C[C@H](O)[C@@](C)(N)C(=O)O.S. The molecule has 0 aliphatic heterocycles. The highest BCUT2D eigenvalue weighted by Gasteiger charge is 2.33. The Hall–Kier alpha value is -0.260. The molecule has 2 atom stereocenters. The van der Waals surface area contributed by atoms with Crippen LogP contribution in [0.5, 0.6) is 0 Å². The number of aliphatic hydroxyl groups excluding tert-OH is 1. The van der Waals surface area contributed by atoms with Crippen LogP contribution in [0.4, 0.5) is 0 Å². The molecule has 0 aromatic carbocycles. The number of carbonyl (C=O) groups is 1. The lowest BCUT2D eigenvalue weighted by atomic mass is 9.98. The van der Waals surface area contributed by atoms with Crippen molar-refractivity contribution < 1.29 is 15.0 Å². The van der Waals surface area contributed by atoms with Crippen molar-refractivity contribution >= 4 is 19.5 Å². The molecule has 4 N–H and O–H groups in total. The van der Waals surface area contributed by atoms with Crippen molar-refractivity contribution in [3.05, 3.63) is 0 Å². The van der Waals surface area contributed by atoms with Gasteiger partial charge in [0, 0.05) is 0 Å². The van der Waals surface area contributed by atoms with Gasteiger partial charge >= 0.3 is 5.97 Å². The normalized spacial score (nSPS) is 18.4. The smallest absolute Gasteiger partial charge is 0.326 e. The summed E-state index contributed by atoms with van der Waals surface area (Å²) in [7, 11) is 0. The fourth-order valence-electron chi connectivity index (χ4n) is 0.179. The number of hydrogen-bond acceptors (Lipinski definition) is 3. The Balaban J connectivity index is 0. The molecule has 0 aliphatic carbocycles. The molecule has 4 nitrogen and oxygen atoms in total. The van der Waals surface area contributed by atoms with E-state index in [-0.39, 0.29) is 13.5 Å². The maximum Gasteiger partial charge on any atom is 0.326 e. The van der Waals surface area contributed by atoms with E-state index in [1.807, 2.05) is 0 Å². The lowest BCUT2D eigenvalue weighted by Crippen LogP contribution is -2.53. The van der Waals surface area contributed by atoms with Crippen molar-refractivity contribution in [1.82, 2.24) is 0 Å². The summed E-state index contributed by atoms with van der Waals surface area (Å²) < 4.78 is 0. The van der Waals surface area contributed by atoms with Crippen LogP contribution in [-0.4, -0.2) is 27.8 Å². The summed E-state index contributed by atoms with van der Waals surface area (Å²) in [6, 6.07) is 0. The first kappa shape index (κ1) is 12.4. The lowest BCUT2D eigenvalue weighted by Gasteiger charge is -2.21. The van der Waals surface area contributed by atoms with Gasteiger partial charge < -0.3 is 15.9 Å². The van der Waals surface area contributed by atoms with Crippen molar-refractivity contribution in [2.24, 2.45) is 5.73 Å². The number of nitrogens with two attached hydrogens (primary N) is 1. The van der Waals surface area contributed by atoms with Crippen LogP contribution in [0.1, 0.15) is 13.8 Å². The van der Waals surface area contributed by atoms with Crippen LogP contribution < -0.4 is 5.73 Å². The summed E-state index contributed by atoms with van der Waals surface area (Å²) in [4.78, 5) is 10.2. The van der Waals surface area contributed by atoms with Crippen LogP contribution in [0.2, 0.25) is 0 Å². The third-order valence-corrected chi connectivity index (χ3v) is 1.33. The van der Waals surface area contributed by atoms with Crippen molar-refractivity contribution in [3.63, 3.8) is 0 Å². The number of carboxylic acids is 1. The zero-order valence-corrected chi connectivity index (χ0v) is 6.96. The minimum absolute atomic E-state index is 0. The molecule has 0 saturated heterocycles. The highest BCUT2D eigenvalue weighted by molar-refractivity contribution is 7.59. The Morgan fingerprint density at radius 1 is 1.70 bits per heavy atom. The molecule has 0 amide bonds. The number of rotatable bonds is 2. The van der Waals surface area contributed by atoms with E-state index in [1.54, 1.807) is 0 Å². The summed E-state index contributed by atoms with van der Waals surface area (Å²) in [6.45, 7) is 2.61. The fraction of sp³-hybridized carbons (Fsp3) is 0.800. The number of aliphatic hydroxyl groups is 1. The van der Waals surface area contributed by atoms with E-state index in [1.165, 1.54) is 13.8 Å². The maximum atomic E-state index is 10.2. The lowest BCUT2D eigenvalue weighted by molar-refractivity contribution is -0.146. The molecule has 0 rings (SSSR count). The number of carboxylic acid groups (broad SMARTS) is 1. The average Bonchev–Trinajstić information content (AvgIpc) is 1.65. The van der Waals surface area contributed by atoms with E-state index >= 15 is 0 Å². The maximum absolute atomic E-state index is 10.2. The van der Waals surface area contributed by atoms with Gasteiger partial charge in [0.15, 0.2) is 0 Å². The molecule has 0 bridgehead atoms. The summed E-state index contributed by atoms with van der Waals surface area (Å²) in [5, 5.41) is 17.1. The third-order valence-electron chi connectivity index (χ3n) is 1.33. The first-order valence-electron chi connectivity index (χ1n) is 2.59. The molecule has 0 aromatic rings. The van der Waals surface area contributed by atoms with Gasteiger partial charge in [-0.25, -0.2) is 0 Å². The second-order valence-electron chi connectivity index (χ2n) is 2.26. The van der Waals surface area contributed by atoms with E-state index < -0.39 is 17.6 Å².